The summed E-state index contributed by atoms with van der Waals surface area (Å²) in [5.41, 5.74) is 20.2. The second-order valence-electron chi connectivity index (χ2n) is 6.13. The molecule has 0 aromatic carbocycles. The molecule has 1 aromatic heterocycles. The lowest BCUT2D eigenvalue weighted by Gasteiger charge is -2.28. The second-order valence-corrected chi connectivity index (χ2v) is 7.39. The molecule has 2 unspecified atom stereocenters. The maximum absolute atomic E-state index is 6.32. The molecule has 2 heterocycles. The maximum atomic E-state index is 6.32. The first-order valence-electron chi connectivity index (χ1n) is 7.38. The number of alkyl halides is 1. The van der Waals surface area contributed by atoms with Crippen LogP contribution in [0.25, 0.3) is 5.57 Å². The Morgan fingerprint density at radius 1 is 1.48 bits per heavy atom. The molecule has 1 aromatic rings. The molecule has 2 atom stereocenters. The van der Waals surface area contributed by atoms with E-state index in [4.69, 9.17) is 11.5 Å². The minimum atomic E-state index is -0.763. The van der Waals surface area contributed by atoms with E-state index in [1.165, 1.54) is 5.57 Å². The van der Waals surface area contributed by atoms with Gasteiger partial charge in [-0.25, -0.2) is 0 Å². The molecule has 6 heteroatoms. The van der Waals surface area contributed by atoms with Crippen molar-refractivity contribution < 1.29 is 0 Å². The van der Waals surface area contributed by atoms with E-state index in [0.29, 0.717) is 6.04 Å². The van der Waals surface area contributed by atoms with E-state index in [2.05, 4.69) is 51.3 Å². The lowest BCUT2D eigenvalue weighted by Crippen LogP contribution is -2.50. The van der Waals surface area contributed by atoms with Crippen molar-refractivity contribution in [2.24, 2.45) is 11.5 Å². The molecule has 0 saturated carbocycles. The Balaban J connectivity index is 2.10. The van der Waals surface area contributed by atoms with Crippen molar-refractivity contribution >= 4 is 27.2 Å². The van der Waals surface area contributed by atoms with Gasteiger partial charge in [-0.15, -0.1) is 0 Å². The van der Waals surface area contributed by atoms with Crippen molar-refractivity contribution in [3.05, 3.63) is 29.6 Å². The Morgan fingerprint density at radius 3 is 2.86 bits per heavy atom. The lowest BCUT2D eigenvalue weighted by atomic mass is 9.90. The topological polar surface area (TPSA) is 80.2 Å². The van der Waals surface area contributed by atoms with E-state index in [-0.39, 0.29) is 6.04 Å². The number of allylic oxidation sites excluding steroid dienone is 1. The minimum Gasteiger partial charge on any atom is -0.327 e. The summed E-state index contributed by atoms with van der Waals surface area (Å²) in [6, 6.07) is 0.571. The molecule has 5 nitrogen and oxygen atoms in total. The van der Waals surface area contributed by atoms with Crippen molar-refractivity contribution in [1.82, 2.24) is 10.4 Å². The monoisotopic (exact) mass is 351 g/mol. The number of nitrogens with zero attached hydrogens (tertiary/aromatic N) is 2. The third-order valence-electron chi connectivity index (χ3n) is 4.15. The van der Waals surface area contributed by atoms with Crippen molar-refractivity contribution in [1.29, 1.82) is 0 Å². The molecule has 3 rings (SSSR count). The first-order valence-corrected chi connectivity index (χ1v) is 8.17. The molecule has 1 aliphatic carbocycles. The third kappa shape index (κ3) is 2.61. The number of anilines is 1. The van der Waals surface area contributed by atoms with Crippen LogP contribution in [0, 0.1) is 0 Å². The molecule has 0 amide bonds. The smallest absolute Gasteiger partial charge is 0.170 e. The average Bonchev–Trinajstić information content (AvgIpc) is 2.72. The van der Waals surface area contributed by atoms with E-state index in [1.54, 1.807) is 0 Å². The van der Waals surface area contributed by atoms with E-state index in [0.717, 1.165) is 36.1 Å². The van der Waals surface area contributed by atoms with Crippen LogP contribution >= 0.6 is 15.9 Å². The number of hydrogen-bond donors (Lipinski definition) is 3. The molecular formula is C15H22BrN5. The number of nitrogens with two attached hydrogens (primary N) is 2. The molecule has 2 aliphatic rings. The summed E-state index contributed by atoms with van der Waals surface area (Å²) >= 11 is 3.56. The highest BCUT2D eigenvalue weighted by atomic mass is 79.9. The van der Waals surface area contributed by atoms with Crippen LogP contribution in [-0.2, 0) is 4.57 Å². The number of aromatic nitrogens is 1. The van der Waals surface area contributed by atoms with Crippen LogP contribution in [-0.4, -0.2) is 17.1 Å². The number of fused-ring (bicyclic) bond motifs is 1. The molecule has 1 aliphatic heterocycles. The van der Waals surface area contributed by atoms with Gasteiger partial charge in [-0.1, -0.05) is 6.08 Å². The van der Waals surface area contributed by atoms with Gasteiger partial charge in [0.2, 0.25) is 0 Å². The number of halogens is 1. The van der Waals surface area contributed by atoms with Gasteiger partial charge in [-0.2, -0.15) is 5.43 Å². The predicted molar refractivity (Wildman–Crippen MR) is 89.6 cm³/mol. The lowest BCUT2D eigenvalue weighted by molar-refractivity contribution is 0.493. The maximum Gasteiger partial charge on any atom is 0.170 e. The second kappa shape index (κ2) is 5.35. The summed E-state index contributed by atoms with van der Waals surface area (Å²) in [5, 5.41) is 2.12. The van der Waals surface area contributed by atoms with Crippen molar-refractivity contribution in [2.45, 2.75) is 49.8 Å². The molecule has 0 radical (unpaired) electrons. The van der Waals surface area contributed by atoms with Gasteiger partial charge in [0, 0.05) is 35.6 Å². The van der Waals surface area contributed by atoms with Crippen LogP contribution < -0.4 is 21.9 Å². The van der Waals surface area contributed by atoms with E-state index >= 15 is 0 Å². The molecule has 114 valence electrons. The van der Waals surface area contributed by atoms with Crippen LogP contribution in [0.5, 0.6) is 0 Å². The van der Waals surface area contributed by atoms with Crippen molar-refractivity contribution in [2.75, 3.05) is 5.01 Å². The fourth-order valence-corrected chi connectivity index (χ4v) is 3.47. The zero-order chi connectivity index (χ0) is 15.2. The number of hydrogen-bond acceptors (Lipinski definition) is 5. The first-order chi connectivity index (χ1) is 9.90. The molecule has 0 saturated heterocycles. The normalized spacial score (nSPS) is 28.8. The number of pyridine rings is 1. The number of rotatable bonds is 2. The standard InChI is InChI=1S/C15H22BrN5/c1-9(2)21-14-12(10-3-5-11(17)6-4-10)7-19-8-13(14)15(16,18)20-21/h3,7-9,11,20H,4-6,17-18H2,1-2H3. The summed E-state index contributed by atoms with van der Waals surface area (Å²) in [5.74, 6) is 0. The quantitative estimate of drug-likeness (QED) is 0.562. The van der Waals surface area contributed by atoms with E-state index in [9.17, 15) is 0 Å². The SMILES string of the molecule is CC(C)N1NC(N)(Br)c2cncc(C3=CCC(N)CC3)c21. The fourth-order valence-electron chi connectivity index (χ4n) is 2.99. The highest BCUT2D eigenvalue weighted by Crippen LogP contribution is 2.44. The molecule has 0 spiro atoms. The van der Waals surface area contributed by atoms with Gasteiger partial charge in [-0.05, 0) is 54.6 Å². The van der Waals surface area contributed by atoms with Gasteiger partial charge in [0.15, 0.2) is 4.57 Å². The van der Waals surface area contributed by atoms with Crippen LogP contribution in [0.3, 0.4) is 0 Å². The summed E-state index contributed by atoms with van der Waals surface area (Å²) in [7, 11) is 0. The van der Waals surface area contributed by atoms with Gasteiger partial charge in [0.25, 0.3) is 0 Å². The molecule has 0 bridgehead atoms. The van der Waals surface area contributed by atoms with Gasteiger partial charge >= 0.3 is 0 Å². The Kier molecular flexibility index (Phi) is 3.81. The zero-order valence-electron chi connectivity index (χ0n) is 12.4. The highest BCUT2D eigenvalue weighted by Gasteiger charge is 2.40. The first kappa shape index (κ1) is 15.0. The summed E-state index contributed by atoms with van der Waals surface area (Å²) in [4.78, 5) is 4.39. The number of nitrogens with one attached hydrogen (secondary N) is 1. The predicted octanol–water partition coefficient (Wildman–Crippen LogP) is 2.17. The Hall–Kier alpha value is -0.950. The Morgan fingerprint density at radius 2 is 2.24 bits per heavy atom. The highest BCUT2D eigenvalue weighted by molar-refractivity contribution is 9.09. The Bertz CT molecular complexity index is 581. The Labute approximate surface area is 133 Å². The van der Waals surface area contributed by atoms with Crippen LogP contribution in [0.15, 0.2) is 18.5 Å². The average molecular weight is 352 g/mol. The van der Waals surface area contributed by atoms with Gasteiger partial charge in [-0.3, -0.25) is 10.7 Å². The number of hydrazine groups is 1. The molecule has 21 heavy (non-hydrogen) atoms. The zero-order valence-corrected chi connectivity index (χ0v) is 14.0. The van der Waals surface area contributed by atoms with E-state index < -0.39 is 4.57 Å². The van der Waals surface area contributed by atoms with Crippen LogP contribution in [0.2, 0.25) is 0 Å². The minimum absolute atomic E-state index is 0.280. The van der Waals surface area contributed by atoms with Crippen molar-refractivity contribution in [3.63, 3.8) is 0 Å². The largest absolute Gasteiger partial charge is 0.327 e. The van der Waals surface area contributed by atoms with Gasteiger partial charge in [0.05, 0.1) is 5.69 Å². The van der Waals surface area contributed by atoms with Crippen molar-refractivity contribution in [3.8, 4) is 0 Å². The molecule has 5 N–H and O–H groups in total. The summed E-state index contributed by atoms with van der Waals surface area (Å²) in [6.07, 6.45) is 8.95. The summed E-state index contributed by atoms with van der Waals surface area (Å²) in [6.45, 7) is 4.28. The molecule has 0 fully saturated rings. The van der Waals surface area contributed by atoms with Gasteiger partial charge in [0.1, 0.15) is 0 Å². The van der Waals surface area contributed by atoms with Gasteiger partial charge < -0.3 is 10.7 Å². The third-order valence-corrected chi connectivity index (χ3v) is 4.75. The van der Waals surface area contributed by atoms with Crippen LogP contribution in [0.1, 0.15) is 44.2 Å². The van der Waals surface area contributed by atoms with E-state index in [1.807, 2.05) is 12.4 Å². The molecular weight excluding hydrogens is 330 g/mol. The fraction of sp³-hybridized carbons (Fsp3) is 0.533. The summed E-state index contributed by atoms with van der Waals surface area (Å²) < 4.78 is -0.763. The van der Waals surface area contributed by atoms with Crippen LogP contribution in [0.4, 0.5) is 5.69 Å².